The molecule has 1 aromatic heterocycles. The van der Waals surface area contributed by atoms with Crippen LogP contribution in [0, 0.1) is 0 Å². The number of carbonyl (C=O) groups excluding carboxylic acids is 1. The van der Waals surface area contributed by atoms with Crippen LogP contribution in [0.5, 0.6) is 5.88 Å². The summed E-state index contributed by atoms with van der Waals surface area (Å²) in [7, 11) is 1.54. The molecular formula is C14H21N3O4. The number of nitrogens with zero attached hydrogens (tertiary/aromatic N) is 1. The van der Waals surface area contributed by atoms with Gasteiger partial charge >= 0.3 is 12.0 Å². The van der Waals surface area contributed by atoms with Crippen molar-refractivity contribution >= 4 is 12.0 Å². The fourth-order valence-electron chi connectivity index (χ4n) is 1.73. The molecule has 0 aliphatic heterocycles. The molecule has 1 aromatic rings. The Morgan fingerprint density at radius 1 is 1.43 bits per heavy atom. The smallest absolute Gasteiger partial charge is 0.315 e. The number of hydrogen-bond donors (Lipinski definition) is 3. The summed E-state index contributed by atoms with van der Waals surface area (Å²) in [6.45, 7) is 2.21. The molecule has 1 rings (SSSR count). The summed E-state index contributed by atoms with van der Waals surface area (Å²) in [5.41, 5.74) is 0.865. The molecule has 0 bridgehead atoms. The standard InChI is InChI=1S/C14H21N3O4/c1-10(4-3-5-13(18)19)17-14(20)16-9-11-6-7-12(21-2)15-8-11/h6-8,10H,3-5,9H2,1-2H3,(H,18,19)(H2,16,17,20). The monoisotopic (exact) mass is 295 g/mol. The van der Waals surface area contributed by atoms with Gasteiger partial charge < -0.3 is 20.5 Å². The fraction of sp³-hybridized carbons (Fsp3) is 0.500. The van der Waals surface area contributed by atoms with Crippen molar-refractivity contribution in [2.24, 2.45) is 0 Å². The van der Waals surface area contributed by atoms with Crippen LogP contribution in [0.15, 0.2) is 18.3 Å². The number of amides is 2. The van der Waals surface area contributed by atoms with Crippen LogP contribution in [0.2, 0.25) is 0 Å². The van der Waals surface area contributed by atoms with Crippen LogP contribution >= 0.6 is 0 Å². The molecule has 3 N–H and O–H groups in total. The molecule has 7 nitrogen and oxygen atoms in total. The molecule has 7 heteroatoms. The Morgan fingerprint density at radius 2 is 2.19 bits per heavy atom. The Labute approximate surface area is 123 Å². The van der Waals surface area contributed by atoms with E-state index in [1.165, 1.54) is 0 Å². The number of carboxylic acids is 1. The molecule has 1 unspecified atom stereocenters. The predicted octanol–water partition coefficient (Wildman–Crippen LogP) is 1.53. The maximum absolute atomic E-state index is 11.7. The topological polar surface area (TPSA) is 101 Å². The van der Waals surface area contributed by atoms with Gasteiger partial charge in [0.2, 0.25) is 5.88 Å². The first-order valence-corrected chi connectivity index (χ1v) is 6.76. The summed E-state index contributed by atoms with van der Waals surface area (Å²) in [6.07, 6.45) is 2.92. The first-order chi connectivity index (χ1) is 10.0. The highest BCUT2D eigenvalue weighted by molar-refractivity contribution is 5.74. The third-order valence-electron chi connectivity index (χ3n) is 2.87. The zero-order valence-corrected chi connectivity index (χ0v) is 12.3. The lowest BCUT2D eigenvalue weighted by molar-refractivity contribution is -0.137. The molecule has 0 fully saturated rings. The third kappa shape index (κ3) is 7.14. The second-order valence-electron chi connectivity index (χ2n) is 4.72. The number of rotatable bonds is 8. The van der Waals surface area contributed by atoms with Gasteiger partial charge in [-0.25, -0.2) is 9.78 Å². The van der Waals surface area contributed by atoms with Crippen molar-refractivity contribution in [3.63, 3.8) is 0 Å². The van der Waals surface area contributed by atoms with Gasteiger partial charge in [0, 0.05) is 31.3 Å². The van der Waals surface area contributed by atoms with Gasteiger partial charge in [0.25, 0.3) is 0 Å². The molecular weight excluding hydrogens is 274 g/mol. The highest BCUT2D eigenvalue weighted by atomic mass is 16.5. The Bertz CT molecular complexity index is 462. The van der Waals surface area contributed by atoms with E-state index in [2.05, 4.69) is 15.6 Å². The van der Waals surface area contributed by atoms with E-state index >= 15 is 0 Å². The Hall–Kier alpha value is -2.31. The van der Waals surface area contributed by atoms with Crippen molar-refractivity contribution in [1.82, 2.24) is 15.6 Å². The van der Waals surface area contributed by atoms with E-state index in [-0.39, 0.29) is 18.5 Å². The largest absolute Gasteiger partial charge is 0.481 e. The van der Waals surface area contributed by atoms with Gasteiger partial charge in [0.15, 0.2) is 0 Å². The molecule has 1 heterocycles. The molecule has 0 aliphatic carbocycles. The van der Waals surface area contributed by atoms with E-state index in [4.69, 9.17) is 9.84 Å². The van der Waals surface area contributed by atoms with Crippen LogP contribution in [-0.2, 0) is 11.3 Å². The Kier molecular flexibility index (Phi) is 7.00. The van der Waals surface area contributed by atoms with Crippen molar-refractivity contribution in [3.8, 4) is 5.88 Å². The SMILES string of the molecule is COc1ccc(CNC(=O)NC(C)CCCC(=O)O)cn1. The lowest BCUT2D eigenvalue weighted by Crippen LogP contribution is -2.40. The number of carbonyl (C=O) groups is 2. The zero-order chi connectivity index (χ0) is 15.7. The maximum atomic E-state index is 11.7. The van der Waals surface area contributed by atoms with Gasteiger partial charge in [0.1, 0.15) is 0 Å². The number of aromatic nitrogens is 1. The molecule has 0 spiro atoms. The number of pyridine rings is 1. The number of nitrogens with one attached hydrogen (secondary N) is 2. The van der Waals surface area contributed by atoms with E-state index in [0.29, 0.717) is 25.3 Å². The fourth-order valence-corrected chi connectivity index (χ4v) is 1.73. The van der Waals surface area contributed by atoms with Crippen molar-refractivity contribution < 1.29 is 19.4 Å². The first kappa shape index (κ1) is 16.7. The van der Waals surface area contributed by atoms with Crippen LogP contribution < -0.4 is 15.4 Å². The van der Waals surface area contributed by atoms with E-state index in [0.717, 1.165) is 5.56 Å². The van der Waals surface area contributed by atoms with E-state index in [1.54, 1.807) is 19.4 Å². The molecule has 116 valence electrons. The minimum atomic E-state index is -0.821. The van der Waals surface area contributed by atoms with E-state index in [1.807, 2.05) is 13.0 Å². The highest BCUT2D eigenvalue weighted by Gasteiger charge is 2.08. The molecule has 0 radical (unpaired) electrons. The lowest BCUT2D eigenvalue weighted by Gasteiger charge is -2.14. The normalized spacial score (nSPS) is 11.5. The average molecular weight is 295 g/mol. The van der Waals surface area contributed by atoms with Crippen LogP contribution in [0.4, 0.5) is 4.79 Å². The Morgan fingerprint density at radius 3 is 2.76 bits per heavy atom. The van der Waals surface area contributed by atoms with Crippen LogP contribution in [0.3, 0.4) is 0 Å². The second-order valence-corrected chi connectivity index (χ2v) is 4.72. The minimum absolute atomic E-state index is 0.0710. The van der Waals surface area contributed by atoms with Crippen molar-refractivity contribution in [2.45, 2.75) is 38.8 Å². The van der Waals surface area contributed by atoms with Crippen molar-refractivity contribution in [1.29, 1.82) is 0 Å². The maximum Gasteiger partial charge on any atom is 0.315 e. The highest BCUT2D eigenvalue weighted by Crippen LogP contribution is 2.06. The van der Waals surface area contributed by atoms with E-state index in [9.17, 15) is 9.59 Å². The van der Waals surface area contributed by atoms with Gasteiger partial charge in [-0.15, -0.1) is 0 Å². The summed E-state index contributed by atoms with van der Waals surface area (Å²) >= 11 is 0. The summed E-state index contributed by atoms with van der Waals surface area (Å²) in [5, 5.41) is 14.0. The average Bonchev–Trinajstić information content (AvgIpc) is 2.45. The van der Waals surface area contributed by atoms with Crippen molar-refractivity contribution in [3.05, 3.63) is 23.9 Å². The number of carboxylic acid groups (broad SMARTS) is 1. The summed E-state index contributed by atoms with van der Waals surface area (Å²) in [5.74, 6) is -0.297. The van der Waals surface area contributed by atoms with Gasteiger partial charge in [-0.05, 0) is 25.3 Å². The van der Waals surface area contributed by atoms with Crippen molar-refractivity contribution in [2.75, 3.05) is 7.11 Å². The summed E-state index contributed by atoms with van der Waals surface area (Å²) < 4.78 is 4.95. The van der Waals surface area contributed by atoms with Crippen LogP contribution in [0.25, 0.3) is 0 Å². The number of hydrogen-bond acceptors (Lipinski definition) is 4. The predicted molar refractivity (Wildman–Crippen MR) is 77.1 cm³/mol. The number of methoxy groups -OCH3 is 1. The molecule has 0 saturated heterocycles. The van der Waals surface area contributed by atoms with Gasteiger partial charge in [-0.3, -0.25) is 4.79 Å². The summed E-state index contributed by atoms with van der Waals surface area (Å²) in [4.78, 5) is 26.1. The first-order valence-electron chi connectivity index (χ1n) is 6.76. The van der Waals surface area contributed by atoms with E-state index < -0.39 is 5.97 Å². The zero-order valence-electron chi connectivity index (χ0n) is 12.3. The van der Waals surface area contributed by atoms with Gasteiger partial charge in [-0.2, -0.15) is 0 Å². The minimum Gasteiger partial charge on any atom is -0.481 e. The molecule has 0 aromatic carbocycles. The van der Waals surface area contributed by atoms with Crippen LogP contribution in [-0.4, -0.2) is 35.2 Å². The number of aliphatic carboxylic acids is 1. The molecule has 1 atom stereocenters. The molecule has 21 heavy (non-hydrogen) atoms. The molecule has 0 aliphatic rings. The number of urea groups is 1. The van der Waals surface area contributed by atoms with Crippen LogP contribution in [0.1, 0.15) is 31.7 Å². The van der Waals surface area contributed by atoms with Gasteiger partial charge in [-0.1, -0.05) is 6.07 Å². The second kappa shape index (κ2) is 8.78. The quantitative estimate of drug-likeness (QED) is 0.675. The molecule has 2 amide bonds. The number of ether oxygens (including phenoxy) is 1. The third-order valence-corrected chi connectivity index (χ3v) is 2.87. The summed E-state index contributed by atoms with van der Waals surface area (Å²) in [6, 6.07) is 3.19. The molecule has 0 saturated carbocycles. The lowest BCUT2D eigenvalue weighted by atomic mass is 10.1. The van der Waals surface area contributed by atoms with Gasteiger partial charge in [0.05, 0.1) is 7.11 Å². The Balaban J connectivity index is 2.24.